The Hall–Kier alpha value is -0.960. The van der Waals surface area contributed by atoms with Gasteiger partial charge in [0.05, 0.1) is 13.1 Å². The molecule has 0 bridgehead atoms. The predicted molar refractivity (Wildman–Crippen MR) is 89.5 cm³/mol. The lowest BCUT2D eigenvalue weighted by Gasteiger charge is -2.23. The standard InChI is InChI=1S/C19H31F2N/c1-5-9-16(6-2)13-12-15(4)14-22(7-3)18-11-8-10-17(20)19(18)21/h8,10-11,15-16H,5-7,9,12-14H2,1-4H3/p+1. The average Bonchev–Trinajstić information content (AvgIpc) is 2.52. The number of quaternary nitrogens is 1. The summed E-state index contributed by atoms with van der Waals surface area (Å²) in [6.45, 7) is 10.4. The predicted octanol–water partition coefficient (Wildman–Crippen LogP) is 4.74. The number of hydrogen-bond acceptors (Lipinski definition) is 0. The quantitative estimate of drug-likeness (QED) is 0.636. The van der Waals surface area contributed by atoms with Gasteiger partial charge in [0.1, 0.15) is 0 Å². The smallest absolute Gasteiger partial charge is 0.219 e. The van der Waals surface area contributed by atoms with E-state index in [1.54, 1.807) is 12.1 Å². The minimum Gasteiger partial charge on any atom is -0.300 e. The molecule has 1 rings (SSSR count). The highest BCUT2D eigenvalue weighted by Crippen LogP contribution is 2.20. The summed E-state index contributed by atoms with van der Waals surface area (Å²) < 4.78 is 27.4. The summed E-state index contributed by atoms with van der Waals surface area (Å²) in [7, 11) is 0. The minimum atomic E-state index is -0.745. The third kappa shape index (κ3) is 5.68. The van der Waals surface area contributed by atoms with Gasteiger partial charge in [-0.1, -0.05) is 46.1 Å². The Morgan fingerprint density at radius 1 is 1.05 bits per heavy atom. The lowest BCUT2D eigenvalue weighted by molar-refractivity contribution is -0.835. The molecule has 1 aromatic carbocycles. The third-order valence-corrected chi connectivity index (χ3v) is 4.70. The zero-order chi connectivity index (χ0) is 16.5. The van der Waals surface area contributed by atoms with Crippen molar-refractivity contribution in [3.8, 4) is 0 Å². The molecule has 0 heterocycles. The summed E-state index contributed by atoms with van der Waals surface area (Å²) in [5.74, 6) is -0.110. The maximum Gasteiger partial charge on any atom is 0.219 e. The van der Waals surface area contributed by atoms with Crippen molar-refractivity contribution in [1.29, 1.82) is 0 Å². The Balaban J connectivity index is 2.60. The molecule has 0 aliphatic rings. The van der Waals surface area contributed by atoms with Crippen LogP contribution in [0.2, 0.25) is 0 Å². The van der Waals surface area contributed by atoms with Crippen LogP contribution in [-0.2, 0) is 0 Å². The van der Waals surface area contributed by atoms with E-state index in [9.17, 15) is 8.78 Å². The van der Waals surface area contributed by atoms with Crippen LogP contribution in [0.4, 0.5) is 14.5 Å². The van der Waals surface area contributed by atoms with Crippen molar-refractivity contribution in [2.75, 3.05) is 13.1 Å². The minimum absolute atomic E-state index is 0.468. The Morgan fingerprint density at radius 2 is 1.77 bits per heavy atom. The van der Waals surface area contributed by atoms with Crippen molar-refractivity contribution in [3.05, 3.63) is 29.8 Å². The number of halogens is 2. The molecule has 3 heteroatoms. The van der Waals surface area contributed by atoms with E-state index in [1.165, 1.54) is 38.2 Å². The Kier molecular flexibility index (Phi) is 8.62. The summed E-state index contributed by atoms with van der Waals surface area (Å²) in [6.07, 6.45) is 6.19. The van der Waals surface area contributed by atoms with Crippen LogP contribution in [0.3, 0.4) is 0 Å². The summed E-state index contributed by atoms with van der Waals surface area (Å²) in [4.78, 5) is 1.04. The molecular weight excluding hydrogens is 280 g/mol. The summed E-state index contributed by atoms with van der Waals surface area (Å²) in [5, 5.41) is 0. The highest BCUT2D eigenvalue weighted by atomic mass is 19.2. The first kappa shape index (κ1) is 19.1. The van der Waals surface area contributed by atoms with E-state index in [4.69, 9.17) is 0 Å². The highest BCUT2D eigenvalue weighted by molar-refractivity contribution is 5.31. The Bertz CT molecular complexity index is 433. The van der Waals surface area contributed by atoms with Crippen molar-refractivity contribution in [2.24, 2.45) is 11.8 Å². The molecule has 22 heavy (non-hydrogen) atoms. The van der Waals surface area contributed by atoms with Crippen molar-refractivity contribution < 1.29 is 13.7 Å². The zero-order valence-electron chi connectivity index (χ0n) is 14.6. The van der Waals surface area contributed by atoms with Crippen LogP contribution < -0.4 is 4.90 Å². The molecule has 3 unspecified atom stereocenters. The maximum atomic E-state index is 14.0. The number of nitrogens with one attached hydrogen (secondary N) is 1. The van der Waals surface area contributed by atoms with Crippen molar-refractivity contribution in [3.63, 3.8) is 0 Å². The van der Waals surface area contributed by atoms with Gasteiger partial charge in [-0.2, -0.15) is 4.39 Å². The molecule has 0 spiro atoms. The second-order valence-corrected chi connectivity index (χ2v) is 6.51. The lowest BCUT2D eigenvalue weighted by Crippen LogP contribution is -3.07. The number of hydrogen-bond donors (Lipinski definition) is 1. The van der Waals surface area contributed by atoms with Crippen LogP contribution in [0, 0.1) is 23.5 Å². The number of rotatable bonds is 10. The molecule has 126 valence electrons. The highest BCUT2D eigenvalue weighted by Gasteiger charge is 2.21. The van der Waals surface area contributed by atoms with E-state index in [0.717, 1.165) is 23.9 Å². The van der Waals surface area contributed by atoms with Crippen molar-refractivity contribution in [2.45, 2.75) is 59.8 Å². The van der Waals surface area contributed by atoms with E-state index in [2.05, 4.69) is 20.8 Å². The van der Waals surface area contributed by atoms with Gasteiger partial charge in [0.2, 0.25) is 5.82 Å². The van der Waals surface area contributed by atoms with Gasteiger partial charge in [0.25, 0.3) is 0 Å². The van der Waals surface area contributed by atoms with E-state index in [1.807, 2.05) is 6.92 Å². The molecule has 0 aliphatic heterocycles. The fourth-order valence-electron chi connectivity index (χ4n) is 3.23. The van der Waals surface area contributed by atoms with Crippen LogP contribution in [-0.4, -0.2) is 13.1 Å². The van der Waals surface area contributed by atoms with Crippen LogP contribution in [0.15, 0.2) is 18.2 Å². The fraction of sp³-hybridized carbons (Fsp3) is 0.684. The molecule has 1 nitrogen and oxygen atoms in total. The average molecular weight is 312 g/mol. The molecule has 0 amide bonds. The van der Waals surface area contributed by atoms with Crippen LogP contribution in [0.5, 0.6) is 0 Å². The lowest BCUT2D eigenvalue weighted by atomic mass is 9.91. The molecular formula is C19H32F2N+. The third-order valence-electron chi connectivity index (χ3n) is 4.70. The first-order valence-electron chi connectivity index (χ1n) is 8.82. The van der Waals surface area contributed by atoms with Gasteiger partial charge in [0, 0.05) is 12.0 Å². The second-order valence-electron chi connectivity index (χ2n) is 6.51. The largest absolute Gasteiger partial charge is 0.300 e. The molecule has 0 aliphatic carbocycles. The topological polar surface area (TPSA) is 4.44 Å². The van der Waals surface area contributed by atoms with Gasteiger partial charge in [0.15, 0.2) is 11.5 Å². The Labute approximate surface area is 134 Å². The van der Waals surface area contributed by atoms with Gasteiger partial charge in [-0.25, -0.2) is 4.39 Å². The fourth-order valence-corrected chi connectivity index (χ4v) is 3.23. The van der Waals surface area contributed by atoms with Gasteiger partial charge in [-0.05, 0) is 31.7 Å². The van der Waals surface area contributed by atoms with E-state index in [0.29, 0.717) is 11.6 Å². The molecule has 0 fully saturated rings. The molecule has 1 N–H and O–H groups in total. The summed E-state index contributed by atoms with van der Waals surface area (Å²) in [5.41, 5.74) is 0.468. The van der Waals surface area contributed by atoms with Gasteiger partial charge in [-0.3, -0.25) is 4.90 Å². The summed E-state index contributed by atoms with van der Waals surface area (Å²) in [6, 6.07) is 4.49. The van der Waals surface area contributed by atoms with E-state index < -0.39 is 11.6 Å². The van der Waals surface area contributed by atoms with Crippen LogP contribution >= 0.6 is 0 Å². The van der Waals surface area contributed by atoms with Crippen molar-refractivity contribution >= 4 is 5.69 Å². The van der Waals surface area contributed by atoms with E-state index in [-0.39, 0.29) is 0 Å². The van der Waals surface area contributed by atoms with Crippen LogP contribution in [0.25, 0.3) is 0 Å². The molecule has 0 radical (unpaired) electrons. The molecule has 0 saturated heterocycles. The van der Waals surface area contributed by atoms with Gasteiger partial charge < -0.3 is 0 Å². The summed E-state index contributed by atoms with van der Waals surface area (Å²) >= 11 is 0. The molecule has 0 aromatic heterocycles. The maximum absolute atomic E-state index is 14.0. The second kappa shape index (κ2) is 9.94. The Morgan fingerprint density at radius 3 is 2.36 bits per heavy atom. The van der Waals surface area contributed by atoms with Crippen molar-refractivity contribution in [1.82, 2.24) is 0 Å². The molecule has 1 aromatic rings. The molecule has 0 saturated carbocycles. The first-order valence-corrected chi connectivity index (χ1v) is 8.82. The zero-order valence-corrected chi connectivity index (χ0v) is 14.6. The monoisotopic (exact) mass is 312 g/mol. The van der Waals surface area contributed by atoms with Gasteiger partial charge in [-0.15, -0.1) is 0 Å². The first-order chi connectivity index (χ1) is 10.5. The van der Waals surface area contributed by atoms with Gasteiger partial charge >= 0.3 is 0 Å². The van der Waals surface area contributed by atoms with Crippen LogP contribution in [0.1, 0.15) is 59.8 Å². The van der Waals surface area contributed by atoms with E-state index >= 15 is 0 Å². The molecule has 3 atom stereocenters. The normalized spacial score (nSPS) is 15.5. The SMILES string of the molecule is CCCC(CC)CCC(C)C[NH+](CC)c1cccc(F)c1F. The number of benzene rings is 1.